The van der Waals surface area contributed by atoms with Gasteiger partial charge in [-0.1, -0.05) is 37.3 Å². The second-order valence-electron chi connectivity index (χ2n) is 5.46. The van der Waals surface area contributed by atoms with E-state index in [0.29, 0.717) is 5.75 Å². The standard InChI is InChI=1S/C18H24N2O/c1-4-17(16-7-5-6-8-18(16)21)19-13-14-9-11-15(12-10-14)20(2)3/h5-12,17,19,21H,4,13H2,1-3H3. The third-order valence-corrected chi connectivity index (χ3v) is 3.73. The first-order valence-electron chi connectivity index (χ1n) is 7.39. The number of nitrogens with zero attached hydrogens (tertiary/aromatic N) is 1. The van der Waals surface area contributed by atoms with Crippen molar-refractivity contribution in [1.29, 1.82) is 0 Å². The van der Waals surface area contributed by atoms with Gasteiger partial charge < -0.3 is 15.3 Å². The van der Waals surface area contributed by atoms with Crippen molar-refractivity contribution in [2.45, 2.75) is 25.9 Å². The van der Waals surface area contributed by atoms with Crippen LogP contribution in [0.5, 0.6) is 5.75 Å². The van der Waals surface area contributed by atoms with Gasteiger partial charge in [0.15, 0.2) is 0 Å². The Hall–Kier alpha value is -2.00. The number of nitrogens with one attached hydrogen (secondary N) is 1. The van der Waals surface area contributed by atoms with Crippen LogP contribution >= 0.6 is 0 Å². The molecule has 0 fully saturated rings. The van der Waals surface area contributed by atoms with Crippen LogP contribution in [0.1, 0.15) is 30.5 Å². The number of phenols is 1. The fourth-order valence-electron chi connectivity index (χ4n) is 2.41. The summed E-state index contributed by atoms with van der Waals surface area (Å²) >= 11 is 0. The molecule has 0 bridgehead atoms. The number of para-hydroxylation sites is 1. The molecule has 2 aromatic rings. The number of rotatable bonds is 6. The Labute approximate surface area is 127 Å². The SMILES string of the molecule is CCC(NCc1ccc(N(C)C)cc1)c1ccccc1O. The van der Waals surface area contributed by atoms with Crippen LogP contribution in [0.25, 0.3) is 0 Å². The van der Waals surface area contributed by atoms with Gasteiger partial charge in [0.1, 0.15) is 5.75 Å². The second-order valence-corrected chi connectivity index (χ2v) is 5.46. The van der Waals surface area contributed by atoms with Gasteiger partial charge in [-0.15, -0.1) is 0 Å². The number of hydrogen-bond donors (Lipinski definition) is 2. The van der Waals surface area contributed by atoms with Crippen molar-refractivity contribution in [2.75, 3.05) is 19.0 Å². The molecule has 21 heavy (non-hydrogen) atoms. The Morgan fingerprint density at radius 2 is 1.71 bits per heavy atom. The number of anilines is 1. The lowest BCUT2D eigenvalue weighted by Gasteiger charge is -2.19. The minimum Gasteiger partial charge on any atom is -0.508 e. The zero-order chi connectivity index (χ0) is 15.2. The van der Waals surface area contributed by atoms with E-state index >= 15 is 0 Å². The van der Waals surface area contributed by atoms with Crippen molar-refractivity contribution in [3.05, 3.63) is 59.7 Å². The molecule has 2 aromatic carbocycles. The first-order chi connectivity index (χ1) is 10.1. The van der Waals surface area contributed by atoms with Gasteiger partial charge in [0.05, 0.1) is 0 Å². The van der Waals surface area contributed by atoms with E-state index in [0.717, 1.165) is 18.5 Å². The third kappa shape index (κ3) is 3.99. The molecule has 0 aliphatic heterocycles. The van der Waals surface area contributed by atoms with E-state index < -0.39 is 0 Å². The highest BCUT2D eigenvalue weighted by atomic mass is 16.3. The molecule has 0 amide bonds. The number of benzene rings is 2. The summed E-state index contributed by atoms with van der Waals surface area (Å²) in [4.78, 5) is 2.09. The smallest absolute Gasteiger partial charge is 0.120 e. The summed E-state index contributed by atoms with van der Waals surface area (Å²) in [6, 6.07) is 16.2. The van der Waals surface area contributed by atoms with Crippen molar-refractivity contribution >= 4 is 5.69 Å². The van der Waals surface area contributed by atoms with E-state index in [1.807, 2.05) is 32.3 Å². The van der Waals surface area contributed by atoms with Crippen molar-refractivity contribution in [1.82, 2.24) is 5.32 Å². The molecule has 0 spiro atoms. The Kier molecular flexibility index (Phi) is 5.23. The van der Waals surface area contributed by atoms with Gasteiger partial charge in [-0.2, -0.15) is 0 Å². The average molecular weight is 284 g/mol. The number of phenolic OH excluding ortho intramolecular Hbond substituents is 1. The second kappa shape index (κ2) is 7.14. The summed E-state index contributed by atoms with van der Waals surface area (Å²) in [7, 11) is 4.08. The molecule has 0 aliphatic carbocycles. The van der Waals surface area contributed by atoms with Gasteiger partial charge in [-0.25, -0.2) is 0 Å². The highest BCUT2D eigenvalue weighted by Gasteiger charge is 2.12. The molecule has 2 rings (SSSR count). The molecule has 1 unspecified atom stereocenters. The normalized spacial score (nSPS) is 12.1. The zero-order valence-corrected chi connectivity index (χ0v) is 13.0. The van der Waals surface area contributed by atoms with Gasteiger partial charge in [0.2, 0.25) is 0 Å². The van der Waals surface area contributed by atoms with Crippen molar-refractivity contribution < 1.29 is 5.11 Å². The maximum absolute atomic E-state index is 9.96. The fraction of sp³-hybridized carbons (Fsp3) is 0.333. The Morgan fingerprint density at radius 3 is 2.29 bits per heavy atom. The maximum atomic E-state index is 9.96. The van der Waals surface area contributed by atoms with Crippen LogP contribution in [-0.2, 0) is 6.54 Å². The van der Waals surface area contributed by atoms with E-state index in [2.05, 4.69) is 41.4 Å². The molecule has 0 saturated heterocycles. The molecule has 0 radical (unpaired) electrons. The Balaban J connectivity index is 2.02. The quantitative estimate of drug-likeness (QED) is 0.849. The summed E-state index contributed by atoms with van der Waals surface area (Å²) < 4.78 is 0. The van der Waals surface area contributed by atoms with Crippen LogP contribution < -0.4 is 10.2 Å². The predicted octanol–water partition coefficient (Wildman–Crippen LogP) is 3.70. The highest BCUT2D eigenvalue weighted by Crippen LogP contribution is 2.26. The zero-order valence-electron chi connectivity index (χ0n) is 13.0. The van der Waals surface area contributed by atoms with Crippen molar-refractivity contribution in [3.8, 4) is 5.75 Å². The van der Waals surface area contributed by atoms with Gasteiger partial charge >= 0.3 is 0 Å². The topological polar surface area (TPSA) is 35.5 Å². The lowest BCUT2D eigenvalue weighted by molar-refractivity contribution is 0.441. The van der Waals surface area contributed by atoms with Gasteiger partial charge in [-0.3, -0.25) is 0 Å². The van der Waals surface area contributed by atoms with E-state index in [9.17, 15) is 5.11 Å². The molecule has 0 aromatic heterocycles. The molecule has 1 atom stereocenters. The van der Waals surface area contributed by atoms with Crippen LogP contribution in [-0.4, -0.2) is 19.2 Å². The summed E-state index contributed by atoms with van der Waals surface area (Å²) in [5, 5.41) is 13.5. The van der Waals surface area contributed by atoms with Crippen LogP contribution in [0.3, 0.4) is 0 Å². The minimum atomic E-state index is 0.166. The molecule has 0 aliphatic rings. The van der Waals surface area contributed by atoms with Crippen LogP contribution in [0, 0.1) is 0 Å². The summed E-state index contributed by atoms with van der Waals surface area (Å²) in [5.74, 6) is 0.361. The lowest BCUT2D eigenvalue weighted by atomic mass is 10.0. The Morgan fingerprint density at radius 1 is 1.05 bits per heavy atom. The third-order valence-electron chi connectivity index (χ3n) is 3.73. The number of aromatic hydroxyl groups is 1. The number of hydrogen-bond acceptors (Lipinski definition) is 3. The summed E-state index contributed by atoms with van der Waals surface area (Å²) in [5.41, 5.74) is 3.41. The fourth-order valence-corrected chi connectivity index (χ4v) is 2.41. The van der Waals surface area contributed by atoms with Crippen LogP contribution in [0.15, 0.2) is 48.5 Å². The van der Waals surface area contributed by atoms with E-state index in [4.69, 9.17) is 0 Å². The van der Waals surface area contributed by atoms with Gasteiger partial charge in [0, 0.05) is 37.9 Å². The van der Waals surface area contributed by atoms with Gasteiger partial charge in [0.25, 0.3) is 0 Å². The van der Waals surface area contributed by atoms with Crippen molar-refractivity contribution in [3.63, 3.8) is 0 Å². The summed E-state index contributed by atoms with van der Waals surface area (Å²) in [6.07, 6.45) is 0.938. The Bertz CT molecular complexity index is 564. The molecule has 0 saturated carbocycles. The van der Waals surface area contributed by atoms with Crippen LogP contribution in [0.2, 0.25) is 0 Å². The predicted molar refractivity (Wildman–Crippen MR) is 88.7 cm³/mol. The average Bonchev–Trinajstić information content (AvgIpc) is 2.50. The molecule has 3 nitrogen and oxygen atoms in total. The monoisotopic (exact) mass is 284 g/mol. The molecule has 0 heterocycles. The molecule has 2 N–H and O–H groups in total. The van der Waals surface area contributed by atoms with Crippen molar-refractivity contribution in [2.24, 2.45) is 0 Å². The largest absolute Gasteiger partial charge is 0.508 e. The molecule has 3 heteroatoms. The maximum Gasteiger partial charge on any atom is 0.120 e. The van der Waals surface area contributed by atoms with Crippen LogP contribution in [0.4, 0.5) is 5.69 Å². The first kappa shape index (κ1) is 15.4. The van der Waals surface area contributed by atoms with Gasteiger partial charge in [-0.05, 0) is 30.2 Å². The van der Waals surface area contributed by atoms with E-state index in [1.54, 1.807) is 6.07 Å². The highest BCUT2D eigenvalue weighted by molar-refractivity contribution is 5.46. The lowest BCUT2D eigenvalue weighted by Crippen LogP contribution is -2.20. The molecule has 112 valence electrons. The first-order valence-corrected chi connectivity index (χ1v) is 7.39. The summed E-state index contributed by atoms with van der Waals surface area (Å²) in [6.45, 7) is 2.92. The molecular weight excluding hydrogens is 260 g/mol. The minimum absolute atomic E-state index is 0.166. The molecular formula is C18H24N2O. The van der Waals surface area contributed by atoms with E-state index in [1.165, 1.54) is 11.3 Å². The van der Waals surface area contributed by atoms with E-state index in [-0.39, 0.29) is 6.04 Å².